The van der Waals surface area contributed by atoms with Crippen molar-refractivity contribution in [2.75, 3.05) is 10.6 Å². The van der Waals surface area contributed by atoms with E-state index in [-0.39, 0.29) is 0 Å². The highest BCUT2D eigenvalue weighted by Gasteiger charge is 2.27. The molecule has 1 atom stereocenters. The first-order chi connectivity index (χ1) is 10.2. The molecule has 0 fully saturated rings. The second kappa shape index (κ2) is 4.48. The van der Waals surface area contributed by atoms with Crippen molar-refractivity contribution in [3.63, 3.8) is 0 Å². The number of benzene rings is 2. The SMILES string of the molecule is CC1Cc2ccccc2N1c1ccc2cc(N)ccc2n1. The zero-order valence-electron chi connectivity index (χ0n) is 12.0. The number of nitrogens with zero attached hydrogens (tertiary/aromatic N) is 2. The van der Waals surface area contributed by atoms with E-state index in [1.54, 1.807) is 0 Å². The number of nitrogens with two attached hydrogens (primary N) is 1. The molecule has 2 aromatic carbocycles. The summed E-state index contributed by atoms with van der Waals surface area (Å²) >= 11 is 0. The van der Waals surface area contributed by atoms with Crippen molar-refractivity contribution in [1.82, 2.24) is 4.98 Å². The van der Waals surface area contributed by atoms with Gasteiger partial charge in [-0.3, -0.25) is 0 Å². The van der Waals surface area contributed by atoms with Crippen molar-refractivity contribution in [2.45, 2.75) is 19.4 Å². The van der Waals surface area contributed by atoms with Crippen LogP contribution in [0.2, 0.25) is 0 Å². The fourth-order valence-electron chi connectivity index (χ4n) is 3.18. The van der Waals surface area contributed by atoms with Crippen LogP contribution in [-0.4, -0.2) is 11.0 Å². The summed E-state index contributed by atoms with van der Waals surface area (Å²) in [6.45, 7) is 2.24. The molecular weight excluding hydrogens is 258 g/mol. The van der Waals surface area contributed by atoms with E-state index in [1.807, 2.05) is 18.2 Å². The molecule has 1 aliphatic rings. The molecule has 2 N–H and O–H groups in total. The highest BCUT2D eigenvalue weighted by Crippen LogP contribution is 2.37. The van der Waals surface area contributed by atoms with Crippen molar-refractivity contribution in [2.24, 2.45) is 0 Å². The Morgan fingerprint density at radius 3 is 2.86 bits per heavy atom. The first-order valence-electron chi connectivity index (χ1n) is 7.26. The number of fused-ring (bicyclic) bond motifs is 2. The molecule has 3 aromatic rings. The van der Waals surface area contributed by atoms with Crippen molar-refractivity contribution >= 4 is 28.1 Å². The Hall–Kier alpha value is -2.55. The molecule has 21 heavy (non-hydrogen) atoms. The summed E-state index contributed by atoms with van der Waals surface area (Å²) in [5.41, 5.74) is 10.3. The maximum Gasteiger partial charge on any atom is 0.133 e. The second-order valence-electron chi connectivity index (χ2n) is 5.67. The van der Waals surface area contributed by atoms with Gasteiger partial charge in [0, 0.05) is 22.8 Å². The normalized spacial score (nSPS) is 17.2. The minimum atomic E-state index is 0.432. The molecule has 0 radical (unpaired) electrons. The van der Waals surface area contributed by atoms with Crippen molar-refractivity contribution < 1.29 is 0 Å². The van der Waals surface area contributed by atoms with E-state index in [4.69, 9.17) is 10.7 Å². The first-order valence-corrected chi connectivity index (χ1v) is 7.26. The van der Waals surface area contributed by atoms with Gasteiger partial charge in [-0.15, -0.1) is 0 Å². The van der Waals surface area contributed by atoms with Crippen LogP contribution in [0.15, 0.2) is 54.6 Å². The van der Waals surface area contributed by atoms with Crippen LogP contribution in [0.1, 0.15) is 12.5 Å². The molecule has 4 rings (SSSR count). The van der Waals surface area contributed by atoms with Crippen LogP contribution < -0.4 is 10.6 Å². The predicted molar refractivity (Wildman–Crippen MR) is 87.9 cm³/mol. The van der Waals surface area contributed by atoms with Gasteiger partial charge in [-0.2, -0.15) is 0 Å². The largest absolute Gasteiger partial charge is 0.399 e. The Morgan fingerprint density at radius 2 is 1.95 bits per heavy atom. The molecule has 0 spiro atoms. The van der Waals surface area contributed by atoms with Crippen LogP contribution in [-0.2, 0) is 6.42 Å². The van der Waals surface area contributed by atoms with Crippen LogP contribution in [0.3, 0.4) is 0 Å². The summed E-state index contributed by atoms with van der Waals surface area (Å²) in [7, 11) is 0. The molecule has 1 aliphatic heterocycles. The van der Waals surface area contributed by atoms with Gasteiger partial charge in [0.25, 0.3) is 0 Å². The van der Waals surface area contributed by atoms with Crippen molar-refractivity contribution in [3.05, 3.63) is 60.2 Å². The van der Waals surface area contributed by atoms with Gasteiger partial charge >= 0.3 is 0 Å². The Bertz CT molecular complexity index is 826. The van der Waals surface area contributed by atoms with E-state index in [0.717, 1.165) is 28.8 Å². The van der Waals surface area contributed by atoms with E-state index >= 15 is 0 Å². The molecule has 0 aliphatic carbocycles. The molecule has 3 heteroatoms. The summed E-state index contributed by atoms with van der Waals surface area (Å²) < 4.78 is 0. The fraction of sp³-hybridized carbons (Fsp3) is 0.167. The third-order valence-electron chi connectivity index (χ3n) is 4.15. The molecule has 3 nitrogen and oxygen atoms in total. The van der Waals surface area contributed by atoms with Gasteiger partial charge in [0.2, 0.25) is 0 Å². The number of anilines is 3. The zero-order chi connectivity index (χ0) is 14.4. The maximum atomic E-state index is 5.83. The van der Waals surface area contributed by atoms with Gasteiger partial charge < -0.3 is 10.6 Å². The third kappa shape index (κ3) is 1.93. The summed E-state index contributed by atoms with van der Waals surface area (Å²) in [6, 6.07) is 19.0. The summed E-state index contributed by atoms with van der Waals surface area (Å²) in [5.74, 6) is 1.00. The highest BCUT2D eigenvalue weighted by molar-refractivity contribution is 5.84. The molecule has 1 unspecified atom stereocenters. The van der Waals surface area contributed by atoms with Crippen molar-refractivity contribution in [3.8, 4) is 0 Å². The molecule has 1 aromatic heterocycles. The molecule has 2 heterocycles. The standard InChI is InChI=1S/C18H17N3/c1-12-10-14-4-2-3-5-17(14)21(12)18-9-6-13-11-15(19)7-8-16(13)20-18/h2-9,11-12H,10,19H2,1H3. The Morgan fingerprint density at radius 1 is 1.10 bits per heavy atom. The van der Waals surface area contributed by atoms with Crippen LogP contribution >= 0.6 is 0 Å². The van der Waals surface area contributed by atoms with Gasteiger partial charge in [-0.1, -0.05) is 18.2 Å². The lowest BCUT2D eigenvalue weighted by Gasteiger charge is -2.24. The smallest absolute Gasteiger partial charge is 0.133 e. The van der Waals surface area contributed by atoms with E-state index in [2.05, 4.69) is 48.2 Å². The molecular formula is C18H17N3. The van der Waals surface area contributed by atoms with Gasteiger partial charge in [0.05, 0.1) is 5.52 Å². The molecule has 0 bridgehead atoms. The predicted octanol–water partition coefficient (Wildman–Crippen LogP) is 3.90. The summed E-state index contributed by atoms with van der Waals surface area (Å²) in [5, 5.41) is 1.08. The number of aromatic nitrogens is 1. The Balaban J connectivity index is 1.85. The van der Waals surface area contributed by atoms with E-state index in [9.17, 15) is 0 Å². The average Bonchev–Trinajstić information content (AvgIpc) is 2.82. The lowest BCUT2D eigenvalue weighted by Crippen LogP contribution is -2.24. The number of nitrogen functional groups attached to an aromatic ring is 1. The van der Waals surface area contributed by atoms with Crippen LogP contribution in [0.25, 0.3) is 10.9 Å². The molecule has 0 saturated heterocycles. The van der Waals surface area contributed by atoms with Crippen molar-refractivity contribution in [1.29, 1.82) is 0 Å². The molecule has 0 amide bonds. The number of hydrogen-bond acceptors (Lipinski definition) is 3. The summed E-state index contributed by atoms with van der Waals surface area (Å²) in [4.78, 5) is 7.14. The summed E-state index contributed by atoms with van der Waals surface area (Å²) in [6.07, 6.45) is 1.07. The van der Waals surface area contributed by atoms with Gasteiger partial charge in [-0.05, 0) is 55.3 Å². The highest BCUT2D eigenvalue weighted by atomic mass is 15.2. The van der Waals surface area contributed by atoms with E-state index in [0.29, 0.717) is 6.04 Å². The third-order valence-corrected chi connectivity index (χ3v) is 4.15. The topological polar surface area (TPSA) is 42.1 Å². The van der Waals surface area contributed by atoms with Crippen LogP contribution in [0, 0.1) is 0 Å². The first kappa shape index (κ1) is 12.2. The minimum Gasteiger partial charge on any atom is -0.399 e. The number of hydrogen-bond donors (Lipinski definition) is 1. The lowest BCUT2D eigenvalue weighted by atomic mass is 10.1. The van der Waals surface area contributed by atoms with Gasteiger partial charge in [0.15, 0.2) is 0 Å². The quantitative estimate of drug-likeness (QED) is 0.685. The molecule has 0 saturated carbocycles. The maximum absolute atomic E-state index is 5.83. The van der Waals surface area contributed by atoms with Gasteiger partial charge in [0.1, 0.15) is 5.82 Å². The fourth-order valence-corrected chi connectivity index (χ4v) is 3.18. The van der Waals surface area contributed by atoms with E-state index < -0.39 is 0 Å². The average molecular weight is 275 g/mol. The van der Waals surface area contributed by atoms with Crippen LogP contribution in [0.4, 0.5) is 17.2 Å². The molecule has 104 valence electrons. The minimum absolute atomic E-state index is 0.432. The zero-order valence-corrected chi connectivity index (χ0v) is 12.0. The Kier molecular flexibility index (Phi) is 2.61. The lowest BCUT2D eigenvalue weighted by molar-refractivity contribution is 0.752. The van der Waals surface area contributed by atoms with Gasteiger partial charge in [-0.25, -0.2) is 4.98 Å². The second-order valence-corrected chi connectivity index (χ2v) is 5.67. The monoisotopic (exact) mass is 275 g/mol. The Labute approximate surface area is 124 Å². The number of pyridine rings is 1. The number of rotatable bonds is 1. The number of para-hydroxylation sites is 1. The van der Waals surface area contributed by atoms with E-state index in [1.165, 1.54) is 11.3 Å². The van der Waals surface area contributed by atoms with Crippen LogP contribution in [0.5, 0.6) is 0 Å².